The standard InChI is InChI=1S/C18H16Cl2N2O5/c1-2-25-5-6-26-17(23)15-4-3-13(9-21-15)22-10-11-7-12(19)8-14(20)16(11)27-18(22)24/h3-4,7-9H,2,5-6,10H2,1H3. The molecule has 0 fully saturated rings. The van der Waals surface area contributed by atoms with Gasteiger partial charge in [-0.15, -0.1) is 0 Å². The molecule has 2 aromatic rings. The van der Waals surface area contributed by atoms with Crippen molar-refractivity contribution in [2.45, 2.75) is 13.5 Å². The van der Waals surface area contributed by atoms with Gasteiger partial charge < -0.3 is 14.2 Å². The fraction of sp³-hybridized carbons (Fsp3) is 0.278. The Kier molecular flexibility index (Phi) is 6.15. The number of carbonyl (C=O) groups excluding carboxylic acids is 2. The lowest BCUT2D eigenvalue weighted by molar-refractivity contribution is 0.0329. The number of aromatic nitrogens is 1. The first-order valence-corrected chi connectivity index (χ1v) is 8.93. The van der Waals surface area contributed by atoms with E-state index in [-0.39, 0.29) is 23.9 Å². The van der Waals surface area contributed by atoms with Gasteiger partial charge >= 0.3 is 12.1 Å². The summed E-state index contributed by atoms with van der Waals surface area (Å²) in [5, 5.41) is 0.716. The van der Waals surface area contributed by atoms with E-state index in [1.807, 2.05) is 6.92 Å². The van der Waals surface area contributed by atoms with E-state index in [0.29, 0.717) is 35.2 Å². The lowest BCUT2D eigenvalue weighted by Gasteiger charge is -2.28. The third-order valence-electron chi connectivity index (χ3n) is 3.76. The largest absolute Gasteiger partial charge is 0.459 e. The van der Waals surface area contributed by atoms with Gasteiger partial charge in [-0.3, -0.25) is 4.90 Å². The molecule has 1 aliphatic rings. The average molecular weight is 411 g/mol. The molecular weight excluding hydrogens is 395 g/mol. The van der Waals surface area contributed by atoms with Crippen molar-refractivity contribution in [1.82, 2.24) is 4.98 Å². The number of hydrogen-bond donors (Lipinski definition) is 0. The Morgan fingerprint density at radius 3 is 2.81 bits per heavy atom. The molecule has 2 heterocycles. The zero-order chi connectivity index (χ0) is 19.4. The van der Waals surface area contributed by atoms with Crippen molar-refractivity contribution in [3.63, 3.8) is 0 Å². The Morgan fingerprint density at radius 2 is 2.11 bits per heavy atom. The number of benzene rings is 1. The Balaban J connectivity index is 1.71. The molecule has 0 unspecified atom stereocenters. The highest BCUT2D eigenvalue weighted by molar-refractivity contribution is 6.35. The zero-order valence-corrected chi connectivity index (χ0v) is 15.9. The summed E-state index contributed by atoms with van der Waals surface area (Å²) in [4.78, 5) is 29.6. The van der Waals surface area contributed by atoms with Crippen LogP contribution >= 0.6 is 23.2 Å². The maximum absolute atomic E-state index is 12.3. The number of amides is 1. The first-order valence-electron chi connectivity index (χ1n) is 8.17. The minimum atomic E-state index is -0.597. The van der Waals surface area contributed by atoms with Crippen LogP contribution in [0.1, 0.15) is 23.0 Å². The van der Waals surface area contributed by atoms with Gasteiger partial charge in [0, 0.05) is 17.2 Å². The molecule has 1 amide bonds. The van der Waals surface area contributed by atoms with Gasteiger partial charge in [-0.25, -0.2) is 14.6 Å². The molecule has 0 spiro atoms. The third kappa shape index (κ3) is 4.50. The maximum atomic E-state index is 12.3. The number of ether oxygens (including phenoxy) is 3. The monoisotopic (exact) mass is 410 g/mol. The SMILES string of the molecule is CCOCCOC(=O)c1ccc(N2Cc3cc(Cl)cc(Cl)c3OC2=O)cn1. The molecular formula is C18H16Cl2N2O5. The van der Waals surface area contributed by atoms with Crippen LogP contribution in [-0.2, 0) is 16.0 Å². The molecule has 0 aliphatic carbocycles. The number of fused-ring (bicyclic) bond motifs is 1. The van der Waals surface area contributed by atoms with E-state index in [4.69, 9.17) is 37.4 Å². The minimum absolute atomic E-state index is 0.132. The number of hydrogen-bond acceptors (Lipinski definition) is 6. The lowest BCUT2D eigenvalue weighted by atomic mass is 10.1. The summed E-state index contributed by atoms with van der Waals surface area (Å²) in [6, 6.07) is 6.26. The zero-order valence-electron chi connectivity index (χ0n) is 14.4. The molecule has 1 aliphatic heterocycles. The molecule has 0 saturated heterocycles. The number of esters is 1. The van der Waals surface area contributed by atoms with Crippen LogP contribution in [0.3, 0.4) is 0 Å². The first-order chi connectivity index (χ1) is 13.0. The van der Waals surface area contributed by atoms with E-state index in [0.717, 1.165) is 0 Å². The number of rotatable bonds is 6. The summed E-state index contributed by atoms with van der Waals surface area (Å²) in [6.07, 6.45) is 0.804. The molecule has 0 bridgehead atoms. The van der Waals surface area contributed by atoms with Gasteiger partial charge in [-0.1, -0.05) is 23.2 Å². The van der Waals surface area contributed by atoms with Crippen molar-refractivity contribution in [2.24, 2.45) is 0 Å². The molecule has 0 radical (unpaired) electrons. The van der Waals surface area contributed by atoms with Crippen LogP contribution < -0.4 is 9.64 Å². The van der Waals surface area contributed by atoms with Gasteiger partial charge in [-0.2, -0.15) is 0 Å². The van der Waals surface area contributed by atoms with Gasteiger partial charge in [0.05, 0.1) is 30.1 Å². The van der Waals surface area contributed by atoms with E-state index >= 15 is 0 Å². The second-order valence-corrected chi connectivity index (χ2v) is 6.41. The van der Waals surface area contributed by atoms with Crippen LogP contribution in [0.5, 0.6) is 5.75 Å². The van der Waals surface area contributed by atoms with Gasteiger partial charge in [0.15, 0.2) is 5.75 Å². The summed E-state index contributed by atoms with van der Waals surface area (Å²) in [7, 11) is 0. The number of nitrogens with zero attached hydrogens (tertiary/aromatic N) is 2. The molecule has 1 aromatic heterocycles. The minimum Gasteiger partial charge on any atom is -0.459 e. The Hall–Kier alpha value is -2.35. The molecule has 3 rings (SSSR count). The fourth-order valence-corrected chi connectivity index (χ4v) is 3.07. The Bertz CT molecular complexity index is 858. The first kappa shape index (κ1) is 19.4. The summed E-state index contributed by atoms with van der Waals surface area (Å²) in [6.45, 7) is 3.09. The van der Waals surface area contributed by atoms with Gasteiger partial charge in [0.25, 0.3) is 0 Å². The van der Waals surface area contributed by atoms with E-state index in [2.05, 4.69) is 4.98 Å². The van der Waals surface area contributed by atoms with Crippen LogP contribution in [0.25, 0.3) is 0 Å². The predicted molar refractivity (Wildman–Crippen MR) is 99.7 cm³/mol. The molecule has 9 heteroatoms. The lowest BCUT2D eigenvalue weighted by Crippen LogP contribution is -2.37. The summed E-state index contributed by atoms with van der Waals surface area (Å²) < 4.78 is 15.5. The van der Waals surface area contributed by atoms with Crippen molar-refractivity contribution in [3.8, 4) is 5.75 Å². The molecule has 27 heavy (non-hydrogen) atoms. The third-order valence-corrected chi connectivity index (χ3v) is 4.26. The summed E-state index contributed by atoms with van der Waals surface area (Å²) in [5.74, 6) is -0.267. The summed E-state index contributed by atoms with van der Waals surface area (Å²) in [5.41, 5.74) is 1.27. The molecule has 142 valence electrons. The van der Waals surface area contributed by atoms with E-state index in [9.17, 15) is 9.59 Å². The molecule has 0 atom stereocenters. The molecule has 0 saturated carbocycles. The van der Waals surface area contributed by atoms with Gasteiger partial charge in [-0.05, 0) is 31.2 Å². The quantitative estimate of drug-likeness (QED) is 0.526. The highest BCUT2D eigenvalue weighted by atomic mass is 35.5. The average Bonchev–Trinajstić information content (AvgIpc) is 2.65. The van der Waals surface area contributed by atoms with Crippen molar-refractivity contribution < 1.29 is 23.8 Å². The Morgan fingerprint density at radius 1 is 1.30 bits per heavy atom. The highest BCUT2D eigenvalue weighted by Crippen LogP contribution is 2.37. The topological polar surface area (TPSA) is 78.0 Å². The van der Waals surface area contributed by atoms with Crippen LogP contribution in [-0.4, -0.2) is 36.9 Å². The molecule has 7 nitrogen and oxygen atoms in total. The fourth-order valence-electron chi connectivity index (χ4n) is 2.50. The van der Waals surface area contributed by atoms with E-state index < -0.39 is 12.1 Å². The predicted octanol–water partition coefficient (Wildman–Crippen LogP) is 4.10. The Labute approximate surface area is 165 Å². The number of halogens is 2. The second kappa shape index (κ2) is 8.56. The van der Waals surface area contributed by atoms with Gasteiger partial charge in [0.2, 0.25) is 0 Å². The molecule has 0 N–H and O–H groups in total. The van der Waals surface area contributed by atoms with Crippen molar-refractivity contribution >= 4 is 41.0 Å². The van der Waals surface area contributed by atoms with Crippen LogP contribution in [0.4, 0.5) is 10.5 Å². The molecule has 1 aromatic carbocycles. The van der Waals surface area contributed by atoms with Crippen LogP contribution in [0.15, 0.2) is 30.5 Å². The van der Waals surface area contributed by atoms with Crippen molar-refractivity contribution in [2.75, 3.05) is 24.7 Å². The second-order valence-electron chi connectivity index (χ2n) is 5.56. The van der Waals surface area contributed by atoms with Crippen LogP contribution in [0.2, 0.25) is 10.0 Å². The normalized spacial score (nSPS) is 13.1. The highest BCUT2D eigenvalue weighted by Gasteiger charge is 2.28. The van der Waals surface area contributed by atoms with E-state index in [1.54, 1.807) is 12.1 Å². The summed E-state index contributed by atoms with van der Waals surface area (Å²) >= 11 is 12.1. The number of pyridine rings is 1. The number of carbonyl (C=O) groups is 2. The van der Waals surface area contributed by atoms with Gasteiger partial charge in [0.1, 0.15) is 12.3 Å². The van der Waals surface area contributed by atoms with Crippen molar-refractivity contribution in [3.05, 3.63) is 51.8 Å². The number of anilines is 1. The smallest absolute Gasteiger partial charge is 0.420 e. The maximum Gasteiger partial charge on any atom is 0.420 e. The van der Waals surface area contributed by atoms with Crippen molar-refractivity contribution in [1.29, 1.82) is 0 Å². The van der Waals surface area contributed by atoms with E-state index in [1.165, 1.54) is 23.2 Å². The van der Waals surface area contributed by atoms with Crippen LogP contribution in [0, 0.1) is 0 Å².